The van der Waals surface area contributed by atoms with Gasteiger partial charge in [0, 0.05) is 24.8 Å². The van der Waals surface area contributed by atoms with Crippen molar-refractivity contribution in [1.29, 1.82) is 0 Å². The van der Waals surface area contributed by atoms with Gasteiger partial charge in [0.2, 0.25) is 5.88 Å². The van der Waals surface area contributed by atoms with E-state index in [1.54, 1.807) is 14.2 Å². The molecule has 4 heterocycles. The number of anilines is 2. The van der Waals surface area contributed by atoms with Gasteiger partial charge in [-0.1, -0.05) is 65.3 Å². The molecule has 0 unspecified atom stereocenters. The van der Waals surface area contributed by atoms with E-state index in [1.807, 2.05) is 42.8 Å². The Morgan fingerprint density at radius 1 is 0.933 bits per heavy atom. The van der Waals surface area contributed by atoms with Gasteiger partial charge in [-0.25, -0.2) is 15.0 Å². The molecule has 3 aromatic heterocycles. The fourth-order valence-electron chi connectivity index (χ4n) is 5.48. The summed E-state index contributed by atoms with van der Waals surface area (Å²) in [4.78, 5) is 23.5. The van der Waals surface area contributed by atoms with Gasteiger partial charge in [-0.05, 0) is 54.6 Å². The Morgan fingerprint density at radius 2 is 1.58 bits per heavy atom. The van der Waals surface area contributed by atoms with Crippen molar-refractivity contribution in [3.05, 3.63) is 93.7 Å². The van der Waals surface area contributed by atoms with E-state index in [9.17, 15) is 0 Å². The van der Waals surface area contributed by atoms with Crippen LogP contribution in [0.5, 0.6) is 17.4 Å². The smallest absolute Gasteiger partial charge is 0.228 e. The Labute approximate surface area is 276 Å². The summed E-state index contributed by atoms with van der Waals surface area (Å²) in [5, 5.41) is 1.66. The molecular weight excluding hydrogens is 631 g/mol. The van der Waals surface area contributed by atoms with Crippen molar-refractivity contribution in [2.45, 2.75) is 31.2 Å². The topological polar surface area (TPSA) is 85.7 Å². The van der Waals surface area contributed by atoms with Gasteiger partial charge in [0.25, 0.3) is 0 Å². The molecular formula is C33H32Cl2N6O3S. The largest absolute Gasteiger partial charge is 0.497 e. The second kappa shape index (κ2) is 13.6. The molecule has 0 fully saturated rings. The lowest BCUT2D eigenvalue weighted by Crippen LogP contribution is -2.33. The number of hydrogen-bond donors (Lipinski definition) is 0. The highest BCUT2D eigenvalue weighted by molar-refractivity contribution is 7.98. The lowest BCUT2D eigenvalue weighted by Gasteiger charge is -2.33. The molecule has 1 atom stereocenters. The van der Waals surface area contributed by atoms with Crippen LogP contribution in [0.4, 0.5) is 11.6 Å². The van der Waals surface area contributed by atoms with E-state index < -0.39 is 0 Å². The number of pyridine rings is 2. The molecule has 0 radical (unpaired) electrons. The summed E-state index contributed by atoms with van der Waals surface area (Å²) in [6.45, 7) is 4.35. The molecule has 12 heteroatoms. The van der Waals surface area contributed by atoms with Crippen LogP contribution in [0.15, 0.2) is 72.0 Å². The number of thioether (sulfide) groups is 1. The van der Waals surface area contributed by atoms with Crippen molar-refractivity contribution in [2.75, 3.05) is 43.4 Å². The van der Waals surface area contributed by atoms with E-state index in [4.69, 9.17) is 47.4 Å². The minimum absolute atomic E-state index is 0.152. The van der Waals surface area contributed by atoms with E-state index in [-0.39, 0.29) is 16.2 Å². The molecule has 0 saturated carbocycles. The summed E-state index contributed by atoms with van der Waals surface area (Å²) in [7, 11) is 3.34. The van der Waals surface area contributed by atoms with Gasteiger partial charge in [-0.15, -0.1) is 0 Å². The summed E-state index contributed by atoms with van der Waals surface area (Å²) < 4.78 is 16.9. The van der Waals surface area contributed by atoms with Crippen LogP contribution in [0, 0.1) is 0 Å². The van der Waals surface area contributed by atoms with Crippen LogP contribution in [0.1, 0.15) is 29.7 Å². The average molecular weight is 664 g/mol. The number of methoxy groups -OCH3 is 2. The maximum Gasteiger partial charge on any atom is 0.228 e. The molecule has 0 aliphatic carbocycles. The van der Waals surface area contributed by atoms with E-state index >= 15 is 0 Å². The summed E-state index contributed by atoms with van der Waals surface area (Å²) in [5.74, 6) is 3.57. The number of ether oxygens (including phenoxy) is 3. The van der Waals surface area contributed by atoms with Crippen molar-refractivity contribution in [3.63, 3.8) is 0 Å². The van der Waals surface area contributed by atoms with Crippen LogP contribution in [-0.2, 0) is 13.1 Å². The van der Waals surface area contributed by atoms with Crippen molar-refractivity contribution in [3.8, 4) is 17.4 Å². The van der Waals surface area contributed by atoms with Crippen molar-refractivity contribution >= 4 is 57.5 Å². The first-order valence-electron chi connectivity index (χ1n) is 14.4. The third kappa shape index (κ3) is 6.40. The fourth-order valence-corrected chi connectivity index (χ4v) is 6.19. The second-order valence-electron chi connectivity index (χ2n) is 10.5. The Balaban J connectivity index is 1.43. The molecule has 1 aliphatic rings. The molecule has 45 heavy (non-hydrogen) atoms. The van der Waals surface area contributed by atoms with E-state index in [0.29, 0.717) is 54.0 Å². The van der Waals surface area contributed by atoms with Gasteiger partial charge in [-0.3, -0.25) is 0 Å². The summed E-state index contributed by atoms with van der Waals surface area (Å²) in [5.41, 5.74) is 3.82. The van der Waals surface area contributed by atoms with E-state index in [1.165, 1.54) is 11.8 Å². The van der Waals surface area contributed by atoms with Crippen LogP contribution in [0.2, 0.25) is 10.2 Å². The molecule has 9 nitrogen and oxygen atoms in total. The van der Waals surface area contributed by atoms with Crippen LogP contribution < -0.4 is 24.0 Å². The zero-order valence-electron chi connectivity index (χ0n) is 25.3. The Hall–Kier alpha value is -3.99. The monoisotopic (exact) mass is 662 g/mol. The first-order chi connectivity index (χ1) is 21.9. The minimum Gasteiger partial charge on any atom is -0.497 e. The van der Waals surface area contributed by atoms with Gasteiger partial charge >= 0.3 is 0 Å². The lowest BCUT2D eigenvalue weighted by molar-refractivity contribution is 0.316. The van der Waals surface area contributed by atoms with Crippen LogP contribution in [-0.4, -0.2) is 53.6 Å². The van der Waals surface area contributed by atoms with E-state index in [0.717, 1.165) is 34.0 Å². The molecule has 232 valence electrons. The minimum atomic E-state index is -0.153. The first kappa shape index (κ1) is 31.0. The third-order valence-corrected chi connectivity index (χ3v) is 9.07. The summed E-state index contributed by atoms with van der Waals surface area (Å²) in [6.07, 6.45) is 3.77. The zero-order valence-corrected chi connectivity index (χ0v) is 27.7. The molecule has 0 spiro atoms. The number of rotatable bonds is 10. The van der Waals surface area contributed by atoms with Crippen molar-refractivity contribution < 1.29 is 14.2 Å². The van der Waals surface area contributed by atoms with Gasteiger partial charge in [0.15, 0.2) is 10.3 Å². The predicted octanol–water partition coefficient (Wildman–Crippen LogP) is 7.63. The molecule has 1 aliphatic heterocycles. The number of hydrogen-bond acceptors (Lipinski definition) is 10. The Bertz CT molecular complexity index is 1760. The highest BCUT2D eigenvalue weighted by Crippen LogP contribution is 2.43. The van der Waals surface area contributed by atoms with Gasteiger partial charge in [-0.2, -0.15) is 4.98 Å². The molecule has 0 amide bonds. The van der Waals surface area contributed by atoms with Crippen LogP contribution >= 0.6 is 35.0 Å². The predicted molar refractivity (Wildman–Crippen MR) is 181 cm³/mol. The number of benzene rings is 2. The maximum atomic E-state index is 6.64. The standard InChI is InChI=1S/C33H32Cl2N6O3S/c1-20(41-16-17-44-32-26-28(27(34)29(35)38-32)37-33(45-4)39-31(26)41)25-6-5-15-36-30(25)40(18-21-7-11-23(42-2)12-8-21)19-22-9-13-24(43-3)14-10-22/h5-15,20H,16-19H2,1-4H3/t20-/m1/s1. The summed E-state index contributed by atoms with van der Waals surface area (Å²) >= 11 is 14.5. The first-order valence-corrected chi connectivity index (χ1v) is 16.3. The molecule has 0 N–H and O–H groups in total. The normalized spacial score (nSPS) is 13.2. The number of halogens is 2. The van der Waals surface area contributed by atoms with E-state index in [2.05, 4.69) is 57.0 Å². The van der Waals surface area contributed by atoms with Gasteiger partial charge in [0.05, 0.1) is 26.8 Å². The van der Waals surface area contributed by atoms with Gasteiger partial charge in [0.1, 0.15) is 45.7 Å². The SMILES string of the molecule is COc1ccc(CN(Cc2ccc(OC)cc2)c2ncccc2[C@@H](C)N2CCOc3nc(Cl)c(Cl)c4nc(SC)nc2c34)cc1. The quantitative estimate of drug-likeness (QED) is 0.0845. The molecule has 0 saturated heterocycles. The second-order valence-corrected chi connectivity index (χ2v) is 12.0. The Kier molecular flexibility index (Phi) is 9.34. The van der Waals surface area contributed by atoms with Crippen molar-refractivity contribution in [2.24, 2.45) is 0 Å². The lowest BCUT2D eigenvalue weighted by atomic mass is 10.1. The molecule has 2 aromatic carbocycles. The number of aromatic nitrogens is 4. The van der Waals surface area contributed by atoms with Crippen LogP contribution in [0.3, 0.4) is 0 Å². The Morgan fingerprint density at radius 3 is 2.18 bits per heavy atom. The third-order valence-electron chi connectivity index (χ3n) is 7.80. The highest BCUT2D eigenvalue weighted by Gasteiger charge is 2.30. The fraction of sp³-hybridized carbons (Fsp3) is 0.273. The molecule has 6 rings (SSSR count). The zero-order chi connectivity index (χ0) is 31.5. The summed E-state index contributed by atoms with van der Waals surface area (Å²) in [6, 6.07) is 20.2. The van der Waals surface area contributed by atoms with Crippen LogP contribution in [0.25, 0.3) is 10.9 Å². The van der Waals surface area contributed by atoms with Gasteiger partial charge < -0.3 is 24.0 Å². The highest BCUT2D eigenvalue weighted by atomic mass is 35.5. The van der Waals surface area contributed by atoms with Crippen molar-refractivity contribution in [1.82, 2.24) is 19.9 Å². The molecule has 0 bridgehead atoms. The molecule has 5 aromatic rings. The average Bonchev–Trinajstić information content (AvgIpc) is 3.26. The number of nitrogens with zero attached hydrogens (tertiary/aromatic N) is 6. The maximum absolute atomic E-state index is 6.64.